The number of carbonyl (C=O) groups excluding carboxylic acids is 1. The Balaban J connectivity index is 2.01. The van der Waals surface area contributed by atoms with Gasteiger partial charge in [-0.3, -0.25) is 9.59 Å². The van der Waals surface area contributed by atoms with Gasteiger partial charge in [0, 0.05) is 12.1 Å². The van der Waals surface area contributed by atoms with Crippen molar-refractivity contribution in [2.45, 2.75) is 12.8 Å². The van der Waals surface area contributed by atoms with E-state index in [-0.39, 0.29) is 12.5 Å². The monoisotopic (exact) mass is 327 g/mol. The fraction of sp³-hybridized carbons (Fsp3) is 0.385. The van der Waals surface area contributed by atoms with E-state index in [4.69, 9.17) is 9.84 Å². The predicted octanol–water partition coefficient (Wildman–Crippen LogP) is 2.05. The molecule has 6 heteroatoms. The maximum atomic E-state index is 11.9. The molecule has 0 spiro atoms. The molecule has 2 N–H and O–H groups in total. The summed E-state index contributed by atoms with van der Waals surface area (Å²) in [6.07, 6.45) is 1.24. The Kier molecular flexibility index (Phi) is 3.80. The third kappa shape index (κ3) is 2.89. The van der Waals surface area contributed by atoms with Gasteiger partial charge in [0.2, 0.25) is 0 Å². The standard InChI is InChI=1S/C13H14BrNO4/c1-19-10-3-2-8(6-9(10)14)11(16)15-7-13(4-5-13)12(17)18/h2-3,6H,4-5,7H2,1H3,(H,15,16)(H,17,18). The summed E-state index contributed by atoms with van der Waals surface area (Å²) in [5, 5.41) is 11.7. The van der Waals surface area contributed by atoms with Crippen molar-refractivity contribution in [3.05, 3.63) is 28.2 Å². The summed E-state index contributed by atoms with van der Waals surface area (Å²) in [6.45, 7) is 0.171. The molecule has 1 saturated carbocycles. The summed E-state index contributed by atoms with van der Waals surface area (Å²) in [6, 6.07) is 4.97. The molecule has 0 atom stereocenters. The normalized spacial score (nSPS) is 15.7. The maximum absolute atomic E-state index is 11.9. The van der Waals surface area contributed by atoms with Gasteiger partial charge >= 0.3 is 5.97 Å². The maximum Gasteiger partial charge on any atom is 0.311 e. The third-order valence-corrected chi connectivity index (χ3v) is 3.93. The lowest BCUT2D eigenvalue weighted by atomic mass is 10.1. The average molecular weight is 328 g/mol. The number of amides is 1. The Labute approximate surface area is 119 Å². The minimum atomic E-state index is -0.844. The average Bonchev–Trinajstić information content (AvgIpc) is 3.17. The number of halogens is 1. The first-order chi connectivity index (χ1) is 8.98. The molecular formula is C13H14BrNO4. The van der Waals surface area contributed by atoms with Gasteiger partial charge in [0.05, 0.1) is 17.0 Å². The highest BCUT2D eigenvalue weighted by molar-refractivity contribution is 9.10. The van der Waals surface area contributed by atoms with Crippen LogP contribution in [0.1, 0.15) is 23.2 Å². The van der Waals surface area contributed by atoms with Crippen molar-refractivity contribution < 1.29 is 19.4 Å². The van der Waals surface area contributed by atoms with Gasteiger partial charge in [0.1, 0.15) is 5.75 Å². The van der Waals surface area contributed by atoms with Crippen LogP contribution in [0.15, 0.2) is 22.7 Å². The van der Waals surface area contributed by atoms with E-state index in [1.165, 1.54) is 0 Å². The van der Waals surface area contributed by atoms with Crippen LogP contribution in [-0.4, -0.2) is 30.6 Å². The molecule has 19 heavy (non-hydrogen) atoms. The molecule has 0 radical (unpaired) electrons. The number of carboxylic acid groups (broad SMARTS) is 1. The van der Waals surface area contributed by atoms with E-state index in [9.17, 15) is 9.59 Å². The molecule has 0 unspecified atom stereocenters. The minimum absolute atomic E-state index is 0.171. The first-order valence-corrected chi connectivity index (χ1v) is 6.63. The highest BCUT2D eigenvalue weighted by atomic mass is 79.9. The Hall–Kier alpha value is -1.56. The number of benzene rings is 1. The van der Waals surface area contributed by atoms with Gasteiger partial charge in [0.25, 0.3) is 5.91 Å². The van der Waals surface area contributed by atoms with Crippen LogP contribution in [0.3, 0.4) is 0 Å². The van der Waals surface area contributed by atoms with Crippen molar-refractivity contribution in [2.75, 3.05) is 13.7 Å². The minimum Gasteiger partial charge on any atom is -0.496 e. The van der Waals surface area contributed by atoms with Crippen molar-refractivity contribution in [2.24, 2.45) is 5.41 Å². The predicted molar refractivity (Wildman–Crippen MR) is 72.3 cm³/mol. The van der Waals surface area contributed by atoms with Gasteiger partial charge in [-0.15, -0.1) is 0 Å². The first kappa shape index (κ1) is 13.9. The van der Waals surface area contributed by atoms with E-state index in [2.05, 4.69) is 21.2 Å². The molecule has 0 aromatic heterocycles. The van der Waals surface area contributed by atoms with E-state index in [0.29, 0.717) is 28.6 Å². The molecule has 0 aliphatic heterocycles. The number of carboxylic acids is 1. The molecule has 1 aliphatic carbocycles. The summed E-state index contributed by atoms with van der Waals surface area (Å²) < 4.78 is 5.76. The van der Waals surface area contributed by atoms with Crippen molar-refractivity contribution in [1.82, 2.24) is 5.32 Å². The number of nitrogens with one attached hydrogen (secondary N) is 1. The summed E-state index contributed by atoms with van der Waals surface area (Å²) >= 11 is 3.30. The SMILES string of the molecule is COc1ccc(C(=O)NCC2(C(=O)O)CC2)cc1Br. The van der Waals surface area contributed by atoms with Crippen LogP contribution in [0, 0.1) is 5.41 Å². The quantitative estimate of drug-likeness (QED) is 0.867. The smallest absolute Gasteiger partial charge is 0.311 e. The summed E-state index contributed by atoms with van der Waals surface area (Å²) in [5.74, 6) is -0.486. The zero-order valence-electron chi connectivity index (χ0n) is 10.4. The topological polar surface area (TPSA) is 75.6 Å². The second kappa shape index (κ2) is 5.21. The number of hydrogen-bond donors (Lipinski definition) is 2. The second-order valence-electron chi connectivity index (χ2n) is 4.62. The molecule has 1 aromatic rings. The Morgan fingerprint density at radius 2 is 2.16 bits per heavy atom. The van der Waals surface area contributed by atoms with E-state index in [1.807, 2.05) is 0 Å². The molecule has 5 nitrogen and oxygen atoms in total. The van der Waals surface area contributed by atoms with E-state index >= 15 is 0 Å². The fourth-order valence-electron chi connectivity index (χ4n) is 1.78. The molecule has 0 saturated heterocycles. The van der Waals surface area contributed by atoms with Crippen molar-refractivity contribution >= 4 is 27.8 Å². The lowest BCUT2D eigenvalue weighted by molar-refractivity contribution is -0.143. The van der Waals surface area contributed by atoms with Gasteiger partial charge in [-0.1, -0.05) is 0 Å². The van der Waals surface area contributed by atoms with Crippen LogP contribution >= 0.6 is 15.9 Å². The van der Waals surface area contributed by atoms with Crippen LogP contribution in [0.5, 0.6) is 5.75 Å². The lowest BCUT2D eigenvalue weighted by Crippen LogP contribution is -2.34. The fourth-order valence-corrected chi connectivity index (χ4v) is 2.32. The molecule has 102 valence electrons. The van der Waals surface area contributed by atoms with Crippen LogP contribution in [0.25, 0.3) is 0 Å². The highest BCUT2D eigenvalue weighted by Crippen LogP contribution is 2.45. The highest BCUT2D eigenvalue weighted by Gasteiger charge is 2.50. The van der Waals surface area contributed by atoms with E-state index in [1.54, 1.807) is 25.3 Å². The number of methoxy groups -OCH3 is 1. The largest absolute Gasteiger partial charge is 0.496 e. The van der Waals surface area contributed by atoms with Gasteiger partial charge in [-0.2, -0.15) is 0 Å². The van der Waals surface area contributed by atoms with Crippen LogP contribution < -0.4 is 10.1 Å². The number of hydrogen-bond acceptors (Lipinski definition) is 3. The van der Waals surface area contributed by atoms with E-state index in [0.717, 1.165) is 0 Å². The van der Waals surface area contributed by atoms with Gasteiger partial charge in [-0.05, 0) is 47.0 Å². The number of rotatable bonds is 5. The molecular weight excluding hydrogens is 314 g/mol. The lowest BCUT2D eigenvalue weighted by Gasteiger charge is -2.11. The second-order valence-corrected chi connectivity index (χ2v) is 5.47. The van der Waals surface area contributed by atoms with Crippen molar-refractivity contribution in [1.29, 1.82) is 0 Å². The molecule has 2 rings (SSSR count). The molecule has 1 fully saturated rings. The number of carbonyl (C=O) groups is 2. The zero-order valence-corrected chi connectivity index (χ0v) is 12.0. The van der Waals surface area contributed by atoms with Crippen molar-refractivity contribution in [3.8, 4) is 5.75 Å². The van der Waals surface area contributed by atoms with Gasteiger partial charge < -0.3 is 15.2 Å². The number of ether oxygens (including phenoxy) is 1. The molecule has 0 bridgehead atoms. The summed E-state index contributed by atoms with van der Waals surface area (Å²) in [7, 11) is 1.55. The third-order valence-electron chi connectivity index (χ3n) is 3.31. The Morgan fingerprint density at radius 3 is 2.63 bits per heavy atom. The zero-order chi connectivity index (χ0) is 14.0. The van der Waals surface area contributed by atoms with Gasteiger partial charge in [-0.25, -0.2) is 0 Å². The van der Waals surface area contributed by atoms with Crippen LogP contribution in [0.4, 0.5) is 0 Å². The summed E-state index contributed by atoms with van der Waals surface area (Å²) in [4.78, 5) is 22.9. The first-order valence-electron chi connectivity index (χ1n) is 5.84. The Morgan fingerprint density at radius 1 is 1.47 bits per heavy atom. The molecule has 0 heterocycles. The summed E-state index contributed by atoms with van der Waals surface area (Å²) in [5.41, 5.74) is -0.284. The van der Waals surface area contributed by atoms with Crippen molar-refractivity contribution in [3.63, 3.8) is 0 Å². The molecule has 1 aromatic carbocycles. The molecule has 1 amide bonds. The Bertz CT molecular complexity index is 525. The van der Waals surface area contributed by atoms with E-state index < -0.39 is 11.4 Å². The molecule has 1 aliphatic rings. The van der Waals surface area contributed by atoms with Gasteiger partial charge in [0.15, 0.2) is 0 Å². The van der Waals surface area contributed by atoms with Crippen LogP contribution in [0.2, 0.25) is 0 Å². The number of aliphatic carboxylic acids is 1. The van der Waals surface area contributed by atoms with Crippen LogP contribution in [-0.2, 0) is 4.79 Å².